The number of hydrogen-bond acceptors (Lipinski definition) is 4. The van der Waals surface area contributed by atoms with E-state index in [1.807, 2.05) is 6.92 Å². The van der Waals surface area contributed by atoms with Gasteiger partial charge in [0.1, 0.15) is 0 Å². The van der Waals surface area contributed by atoms with E-state index in [4.69, 9.17) is 10.8 Å². The van der Waals surface area contributed by atoms with Gasteiger partial charge in [-0.3, -0.25) is 0 Å². The molecule has 1 aliphatic carbocycles. The molecule has 0 heterocycles. The van der Waals surface area contributed by atoms with Crippen molar-refractivity contribution in [2.45, 2.75) is 31.4 Å². The van der Waals surface area contributed by atoms with Crippen LogP contribution in [0, 0.1) is 11.8 Å². The first-order chi connectivity index (χ1) is 6.93. The summed E-state index contributed by atoms with van der Waals surface area (Å²) in [4.78, 5) is 0. The van der Waals surface area contributed by atoms with E-state index < -0.39 is 14.6 Å². The second-order valence-corrected chi connectivity index (χ2v) is 7.18. The zero-order valence-corrected chi connectivity index (χ0v) is 10.3. The molecular weight excluding hydrogens is 214 g/mol. The number of rotatable bonds is 4. The number of aliphatic hydroxyl groups excluding tert-OH is 1. The summed E-state index contributed by atoms with van der Waals surface area (Å²) in [6.45, 7) is 3.81. The molecule has 0 spiro atoms. The molecule has 90 valence electrons. The molecular formula is C10H21NO3S. The highest BCUT2D eigenvalue weighted by Crippen LogP contribution is 2.44. The van der Waals surface area contributed by atoms with E-state index in [-0.39, 0.29) is 30.7 Å². The van der Waals surface area contributed by atoms with E-state index in [0.717, 1.165) is 6.42 Å². The highest BCUT2D eigenvalue weighted by molar-refractivity contribution is 7.92. The lowest BCUT2D eigenvalue weighted by molar-refractivity contribution is 0.226. The van der Waals surface area contributed by atoms with E-state index >= 15 is 0 Å². The van der Waals surface area contributed by atoms with Gasteiger partial charge in [0.25, 0.3) is 0 Å². The Bertz CT molecular complexity index is 315. The van der Waals surface area contributed by atoms with E-state index in [0.29, 0.717) is 6.42 Å². The molecule has 3 N–H and O–H groups in total. The van der Waals surface area contributed by atoms with Gasteiger partial charge in [0.2, 0.25) is 0 Å². The molecule has 0 aliphatic heterocycles. The normalized spacial score (nSPS) is 37.1. The summed E-state index contributed by atoms with van der Waals surface area (Å²) in [5, 5.41) is 9.11. The Kier molecular flexibility index (Phi) is 3.79. The molecule has 15 heavy (non-hydrogen) atoms. The van der Waals surface area contributed by atoms with Crippen molar-refractivity contribution in [3.05, 3.63) is 0 Å². The predicted octanol–water partition coefficient (Wildman–Crippen LogP) is 0.157. The Hall–Kier alpha value is -0.130. The van der Waals surface area contributed by atoms with Crippen LogP contribution in [0.15, 0.2) is 0 Å². The van der Waals surface area contributed by atoms with Crippen molar-refractivity contribution in [2.75, 3.05) is 18.9 Å². The molecule has 0 aromatic heterocycles. The molecule has 1 fully saturated rings. The Morgan fingerprint density at radius 1 is 1.53 bits per heavy atom. The van der Waals surface area contributed by atoms with Crippen molar-refractivity contribution in [3.8, 4) is 0 Å². The topological polar surface area (TPSA) is 80.4 Å². The fraction of sp³-hybridized carbons (Fsp3) is 1.00. The zero-order valence-electron chi connectivity index (χ0n) is 9.44. The Balaban J connectivity index is 3.06. The third-order valence-corrected chi connectivity index (χ3v) is 6.56. The van der Waals surface area contributed by atoms with Crippen LogP contribution >= 0.6 is 0 Å². The number of hydrogen-bond donors (Lipinski definition) is 2. The third kappa shape index (κ3) is 1.92. The van der Waals surface area contributed by atoms with Crippen LogP contribution in [-0.2, 0) is 9.84 Å². The van der Waals surface area contributed by atoms with Crippen molar-refractivity contribution < 1.29 is 13.5 Å². The monoisotopic (exact) mass is 235 g/mol. The smallest absolute Gasteiger partial charge is 0.157 e. The average Bonchev–Trinajstić information content (AvgIpc) is 2.56. The minimum Gasteiger partial charge on any atom is -0.396 e. The van der Waals surface area contributed by atoms with E-state index in [9.17, 15) is 8.42 Å². The molecule has 1 rings (SSSR count). The largest absolute Gasteiger partial charge is 0.396 e. The van der Waals surface area contributed by atoms with Crippen LogP contribution in [0.2, 0.25) is 0 Å². The molecule has 5 heteroatoms. The lowest BCUT2D eigenvalue weighted by atomic mass is 9.97. The minimum absolute atomic E-state index is 0.0459. The second kappa shape index (κ2) is 4.39. The van der Waals surface area contributed by atoms with Crippen LogP contribution < -0.4 is 5.73 Å². The molecule has 0 unspecified atom stereocenters. The van der Waals surface area contributed by atoms with E-state index in [1.54, 1.807) is 6.92 Å². The van der Waals surface area contributed by atoms with Crippen LogP contribution in [0.25, 0.3) is 0 Å². The highest BCUT2D eigenvalue weighted by atomic mass is 32.2. The minimum atomic E-state index is -3.14. The van der Waals surface area contributed by atoms with Gasteiger partial charge in [-0.2, -0.15) is 0 Å². The fourth-order valence-electron chi connectivity index (χ4n) is 2.76. The molecule has 0 bridgehead atoms. The fourth-order valence-corrected chi connectivity index (χ4v) is 4.79. The second-order valence-electron chi connectivity index (χ2n) is 4.56. The van der Waals surface area contributed by atoms with Gasteiger partial charge in [0.05, 0.1) is 4.75 Å². The summed E-state index contributed by atoms with van der Waals surface area (Å²) in [6.07, 6.45) is 1.27. The predicted molar refractivity (Wildman–Crippen MR) is 60.2 cm³/mol. The zero-order chi connectivity index (χ0) is 11.7. The molecule has 3 atom stereocenters. The van der Waals surface area contributed by atoms with Crippen molar-refractivity contribution in [3.63, 3.8) is 0 Å². The SMILES string of the molecule is CCS(=O)(=O)[C@@]1(CN)C[C@H](CO)C[C@@H]1C. The molecule has 0 amide bonds. The third-order valence-electron chi connectivity index (χ3n) is 3.82. The van der Waals surface area contributed by atoms with Crippen molar-refractivity contribution in [1.29, 1.82) is 0 Å². The van der Waals surface area contributed by atoms with E-state index in [1.165, 1.54) is 0 Å². The van der Waals surface area contributed by atoms with Gasteiger partial charge >= 0.3 is 0 Å². The van der Waals surface area contributed by atoms with Crippen molar-refractivity contribution in [2.24, 2.45) is 17.6 Å². The summed E-state index contributed by atoms with van der Waals surface area (Å²) >= 11 is 0. The highest BCUT2D eigenvalue weighted by Gasteiger charge is 2.52. The summed E-state index contributed by atoms with van der Waals surface area (Å²) in [7, 11) is -3.14. The van der Waals surface area contributed by atoms with Crippen LogP contribution in [0.3, 0.4) is 0 Å². The number of aliphatic hydroxyl groups is 1. The van der Waals surface area contributed by atoms with E-state index in [2.05, 4.69) is 0 Å². The molecule has 0 radical (unpaired) electrons. The maximum atomic E-state index is 12.1. The van der Waals surface area contributed by atoms with Crippen LogP contribution in [-0.4, -0.2) is 37.2 Å². The first-order valence-corrected chi connectivity index (χ1v) is 7.12. The van der Waals surface area contributed by atoms with Gasteiger partial charge in [-0.25, -0.2) is 8.42 Å². The number of nitrogens with two attached hydrogens (primary N) is 1. The van der Waals surface area contributed by atoms with Gasteiger partial charge in [-0.1, -0.05) is 13.8 Å². The molecule has 0 aromatic rings. The first kappa shape index (κ1) is 12.9. The molecule has 0 aromatic carbocycles. The maximum absolute atomic E-state index is 12.1. The Morgan fingerprint density at radius 3 is 2.47 bits per heavy atom. The molecule has 1 aliphatic rings. The molecule has 1 saturated carbocycles. The van der Waals surface area contributed by atoms with Gasteiger partial charge < -0.3 is 10.8 Å². The quantitative estimate of drug-likeness (QED) is 0.727. The Morgan fingerprint density at radius 2 is 2.13 bits per heavy atom. The summed E-state index contributed by atoms with van der Waals surface area (Å²) < 4.78 is 23.3. The van der Waals surface area contributed by atoms with Crippen LogP contribution in [0.5, 0.6) is 0 Å². The van der Waals surface area contributed by atoms with Crippen LogP contribution in [0.4, 0.5) is 0 Å². The summed E-state index contributed by atoms with van der Waals surface area (Å²) in [5.74, 6) is 0.265. The maximum Gasteiger partial charge on any atom is 0.157 e. The summed E-state index contributed by atoms with van der Waals surface area (Å²) in [5.41, 5.74) is 5.68. The van der Waals surface area contributed by atoms with Gasteiger partial charge in [-0.15, -0.1) is 0 Å². The lowest BCUT2D eigenvalue weighted by Gasteiger charge is -2.31. The van der Waals surface area contributed by atoms with Crippen molar-refractivity contribution in [1.82, 2.24) is 0 Å². The average molecular weight is 235 g/mol. The number of sulfone groups is 1. The standard InChI is InChI=1S/C10H21NO3S/c1-3-15(13,14)10(7-11)5-9(6-12)4-8(10)2/h8-9,12H,3-7,11H2,1-2H3/t8-,9+,10+/m0/s1. The lowest BCUT2D eigenvalue weighted by Crippen LogP contribution is -2.48. The Labute approximate surface area is 91.8 Å². The van der Waals surface area contributed by atoms with Crippen molar-refractivity contribution >= 4 is 9.84 Å². The molecule has 0 saturated heterocycles. The van der Waals surface area contributed by atoms with Gasteiger partial charge in [0, 0.05) is 18.9 Å². The molecule has 4 nitrogen and oxygen atoms in total. The first-order valence-electron chi connectivity index (χ1n) is 5.46. The van der Waals surface area contributed by atoms with Crippen LogP contribution in [0.1, 0.15) is 26.7 Å². The van der Waals surface area contributed by atoms with Gasteiger partial charge in [0.15, 0.2) is 9.84 Å². The van der Waals surface area contributed by atoms with Gasteiger partial charge in [-0.05, 0) is 24.7 Å². The summed E-state index contributed by atoms with van der Waals surface area (Å²) in [6, 6.07) is 0.